The molecule has 1 aromatic rings. The molecule has 1 unspecified atom stereocenters. The van der Waals surface area contributed by atoms with E-state index in [1.807, 2.05) is 29.2 Å². The molecule has 0 aliphatic heterocycles. The van der Waals surface area contributed by atoms with Crippen LogP contribution in [0.2, 0.25) is 5.02 Å². The zero-order valence-electron chi connectivity index (χ0n) is 10.4. The molecule has 0 saturated carbocycles. The monoisotopic (exact) mass is 272 g/mol. The van der Waals surface area contributed by atoms with Gasteiger partial charge in [0.2, 0.25) is 0 Å². The molecule has 18 heavy (non-hydrogen) atoms. The number of halogens is 1. The largest absolute Gasteiger partial charge is 0.395 e. The van der Waals surface area contributed by atoms with Crippen LogP contribution in [-0.4, -0.2) is 48.0 Å². The molecule has 0 aliphatic carbocycles. The first-order chi connectivity index (χ1) is 8.67. The number of hydrogen-bond acceptors (Lipinski definition) is 4. The zero-order chi connectivity index (χ0) is 13.4. The van der Waals surface area contributed by atoms with E-state index < -0.39 is 0 Å². The topological polar surface area (TPSA) is 69.7 Å². The molecule has 0 radical (unpaired) electrons. The quantitative estimate of drug-likeness (QED) is 0.661. The summed E-state index contributed by atoms with van der Waals surface area (Å²) in [6.07, 6.45) is 0.779. The van der Waals surface area contributed by atoms with Crippen molar-refractivity contribution in [2.75, 3.05) is 32.8 Å². The summed E-state index contributed by atoms with van der Waals surface area (Å²) in [4.78, 5) is 2.00. The lowest BCUT2D eigenvalue weighted by molar-refractivity contribution is 0.157. The van der Waals surface area contributed by atoms with Crippen molar-refractivity contribution in [1.29, 1.82) is 0 Å². The lowest BCUT2D eigenvalue weighted by atomic mass is 10.0. The molecule has 0 aromatic heterocycles. The summed E-state index contributed by atoms with van der Waals surface area (Å²) in [6.45, 7) is 2.07. The fourth-order valence-corrected chi connectivity index (χ4v) is 1.94. The van der Waals surface area contributed by atoms with E-state index in [9.17, 15) is 0 Å². The van der Waals surface area contributed by atoms with Gasteiger partial charge in [0.25, 0.3) is 0 Å². The summed E-state index contributed by atoms with van der Waals surface area (Å²) < 4.78 is 0. The number of rotatable bonds is 8. The highest BCUT2D eigenvalue weighted by molar-refractivity contribution is 6.30. The first-order valence-corrected chi connectivity index (χ1v) is 6.50. The van der Waals surface area contributed by atoms with Crippen LogP contribution in [0.1, 0.15) is 18.0 Å². The average Bonchev–Trinajstić information content (AvgIpc) is 2.37. The number of nitrogens with zero attached hydrogens (tertiary/aromatic N) is 1. The van der Waals surface area contributed by atoms with Crippen molar-refractivity contribution in [3.8, 4) is 0 Å². The first kappa shape index (κ1) is 15.4. The Hall–Kier alpha value is -0.650. The highest BCUT2D eigenvalue weighted by atomic mass is 35.5. The molecular formula is C13H21ClN2O2. The third-order valence-electron chi connectivity index (χ3n) is 2.89. The maximum atomic E-state index is 8.91. The number of aliphatic hydroxyl groups is 2. The van der Waals surface area contributed by atoms with E-state index >= 15 is 0 Å². The van der Waals surface area contributed by atoms with Crippen molar-refractivity contribution >= 4 is 11.6 Å². The molecule has 5 heteroatoms. The lowest BCUT2D eigenvalue weighted by Gasteiger charge is -2.22. The van der Waals surface area contributed by atoms with Gasteiger partial charge >= 0.3 is 0 Å². The van der Waals surface area contributed by atoms with Crippen LogP contribution in [0, 0.1) is 0 Å². The van der Waals surface area contributed by atoms with E-state index in [0.717, 1.165) is 18.5 Å². The molecule has 0 fully saturated rings. The second kappa shape index (κ2) is 8.45. The minimum absolute atomic E-state index is 0.0536. The molecule has 0 spiro atoms. The fourth-order valence-electron chi connectivity index (χ4n) is 1.82. The third kappa shape index (κ3) is 5.33. The van der Waals surface area contributed by atoms with Crippen molar-refractivity contribution in [1.82, 2.24) is 4.90 Å². The van der Waals surface area contributed by atoms with Gasteiger partial charge < -0.3 is 15.9 Å². The van der Waals surface area contributed by atoms with Gasteiger partial charge in [-0.2, -0.15) is 0 Å². The molecule has 1 aromatic carbocycles. The lowest BCUT2D eigenvalue weighted by Crippen LogP contribution is -2.32. The minimum atomic E-state index is -0.0536. The van der Waals surface area contributed by atoms with Gasteiger partial charge in [-0.25, -0.2) is 0 Å². The number of aliphatic hydroxyl groups excluding tert-OH is 2. The van der Waals surface area contributed by atoms with E-state index in [4.69, 9.17) is 27.5 Å². The number of hydrogen-bond donors (Lipinski definition) is 3. The van der Waals surface area contributed by atoms with Gasteiger partial charge in [-0.15, -0.1) is 0 Å². The van der Waals surface area contributed by atoms with Crippen LogP contribution < -0.4 is 5.73 Å². The molecule has 0 heterocycles. The van der Waals surface area contributed by atoms with Crippen LogP contribution in [-0.2, 0) is 0 Å². The number of benzene rings is 1. The Morgan fingerprint density at radius 3 is 2.11 bits per heavy atom. The molecule has 102 valence electrons. The molecule has 1 rings (SSSR count). The van der Waals surface area contributed by atoms with Gasteiger partial charge in [0.1, 0.15) is 0 Å². The molecule has 0 bridgehead atoms. The Balaban J connectivity index is 2.43. The second-order valence-electron chi connectivity index (χ2n) is 4.24. The Morgan fingerprint density at radius 1 is 1.06 bits per heavy atom. The second-order valence-corrected chi connectivity index (χ2v) is 4.67. The van der Waals surface area contributed by atoms with Crippen LogP contribution in [0.5, 0.6) is 0 Å². The standard InChI is InChI=1S/C13H21ClN2O2/c14-12-3-1-11(2-4-12)13(15)5-6-16(7-9-17)8-10-18/h1-4,13,17-18H,5-10,15H2. The summed E-state index contributed by atoms with van der Waals surface area (Å²) in [5.74, 6) is 0. The summed E-state index contributed by atoms with van der Waals surface area (Å²) >= 11 is 5.82. The van der Waals surface area contributed by atoms with Crippen molar-refractivity contribution in [2.24, 2.45) is 5.73 Å². The van der Waals surface area contributed by atoms with Crippen molar-refractivity contribution < 1.29 is 10.2 Å². The molecule has 0 amide bonds. The minimum Gasteiger partial charge on any atom is -0.395 e. The highest BCUT2D eigenvalue weighted by Crippen LogP contribution is 2.17. The van der Waals surface area contributed by atoms with Crippen LogP contribution in [0.25, 0.3) is 0 Å². The summed E-state index contributed by atoms with van der Waals surface area (Å²) in [7, 11) is 0. The Labute approximate surface area is 113 Å². The maximum Gasteiger partial charge on any atom is 0.0558 e. The smallest absolute Gasteiger partial charge is 0.0558 e. The molecule has 0 aliphatic rings. The van der Waals surface area contributed by atoms with Gasteiger partial charge in [-0.05, 0) is 24.1 Å². The Kier molecular flexibility index (Phi) is 7.23. The van der Waals surface area contributed by atoms with E-state index in [0.29, 0.717) is 18.1 Å². The SMILES string of the molecule is NC(CCN(CCO)CCO)c1ccc(Cl)cc1. The van der Waals surface area contributed by atoms with Crippen LogP contribution in [0.4, 0.5) is 0 Å². The van der Waals surface area contributed by atoms with Crippen molar-refractivity contribution in [3.63, 3.8) is 0 Å². The van der Waals surface area contributed by atoms with Crippen LogP contribution in [0.15, 0.2) is 24.3 Å². The first-order valence-electron chi connectivity index (χ1n) is 6.12. The zero-order valence-corrected chi connectivity index (χ0v) is 11.2. The molecule has 4 nitrogen and oxygen atoms in total. The summed E-state index contributed by atoms with van der Waals surface area (Å²) in [5.41, 5.74) is 7.14. The maximum absolute atomic E-state index is 8.91. The average molecular weight is 273 g/mol. The van der Waals surface area contributed by atoms with Gasteiger partial charge in [-0.3, -0.25) is 4.90 Å². The predicted molar refractivity (Wildman–Crippen MR) is 73.6 cm³/mol. The Morgan fingerprint density at radius 2 is 1.61 bits per heavy atom. The van der Waals surface area contributed by atoms with E-state index in [-0.39, 0.29) is 19.3 Å². The van der Waals surface area contributed by atoms with Gasteiger partial charge in [0, 0.05) is 30.7 Å². The van der Waals surface area contributed by atoms with E-state index in [2.05, 4.69) is 0 Å². The molecule has 4 N–H and O–H groups in total. The van der Waals surface area contributed by atoms with E-state index in [1.54, 1.807) is 0 Å². The van der Waals surface area contributed by atoms with Crippen LogP contribution in [0.3, 0.4) is 0 Å². The molecule has 1 atom stereocenters. The van der Waals surface area contributed by atoms with Crippen molar-refractivity contribution in [2.45, 2.75) is 12.5 Å². The van der Waals surface area contributed by atoms with Gasteiger partial charge in [0.15, 0.2) is 0 Å². The van der Waals surface area contributed by atoms with Gasteiger partial charge in [0.05, 0.1) is 13.2 Å². The number of nitrogens with two attached hydrogens (primary N) is 1. The summed E-state index contributed by atoms with van der Waals surface area (Å²) in [5, 5.41) is 18.5. The normalized spacial score (nSPS) is 12.9. The van der Waals surface area contributed by atoms with E-state index in [1.165, 1.54) is 0 Å². The Bertz CT molecular complexity index is 326. The van der Waals surface area contributed by atoms with Crippen molar-refractivity contribution in [3.05, 3.63) is 34.9 Å². The highest BCUT2D eigenvalue weighted by Gasteiger charge is 2.09. The molecule has 0 saturated heterocycles. The fraction of sp³-hybridized carbons (Fsp3) is 0.538. The predicted octanol–water partition coefficient (Wildman–Crippen LogP) is 1.02. The van der Waals surface area contributed by atoms with Gasteiger partial charge in [-0.1, -0.05) is 23.7 Å². The third-order valence-corrected chi connectivity index (χ3v) is 3.14. The summed E-state index contributed by atoms with van der Waals surface area (Å²) in [6, 6.07) is 7.46. The van der Waals surface area contributed by atoms with Crippen LogP contribution >= 0.6 is 11.6 Å². The molecular weight excluding hydrogens is 252 g/mol.